The summed E-state index contributed by atoms with van der Waals surface area (Å²) in [4.78, 5) is 13.6. The smallest absolute Gasteiger partial charge is 0.227 e. The van der Waals surface area contributed by atoms with Crippen LogP contribution >= 0.6 is 0 Å². The van der Waals surface area contributed by atoms with Gasteiger partial charge in [-0.15, -0.1) is 0 Å². The molecule has 0 aliphatic carbocycles. The van der Waals surface area contributed by atoms with E-state index < -0.39 is 9.84 Å². The van der Waals surface area contributed by atoms with Gasteiger partial charge in [-0.25, -0.2) is 13.4 Å². The maximum Gasteiger partial charge on any atom is 0.227 e. The van der Waals surface area contributed by atoms with E-state index in [9.17, 15) is 8.42 Å². The molecule has 0 radical (unpaired) electrons. The van der Waals surface area contributed by atoms with Gasteiger partial charge in [0.15, 0.2) is 0 Å². The zero-order chi connectivity index (χ0) is 20.4. The topological polar surface area (TPSA) is 92.4 Å². The van der Waals surface area contributed by atoms with Crippen molar-refractivity contribution in [1.82, 2.24) is 14.9 Å². The maximum atomic E-state index is 12.9. The van der Waals surface area contributed by atoms with Crippen molar-refractivity contribution in [3.05, 3.63) is 36.0 Å². The Balaban J connectivity index is 1.47. The predicted octanol–water partition coefficient (Wildman–Crippen LogP) is 2.65. The van der Waals surface area contributed by atoms with E-state index in [2.05, 4.69) is 19.8 Å². The first kappa shape index (κ1) is 20.1. The lowest BCUT2D eigenvalue weighted by molar-refractivity contribution is 0.141. The summed E-state index contributed by atoms with van der Waals surface area (Å²) >= 11 is 0. The molecule has 2 aliphatic heterocycles. The normalized spacial score (nSPS) is 19.4. The fourth-order valence-corrected chi connectivity index (χ4v) is 5.55. The Morgan fingerprint density at radius 2 is 1.66 bits per heavy atom. The van der Waals surface area contributed by atoms with Crippen molar-refractivity contribution in [1.29, 1.82) is 0 Å². The Morgan fingerprint density at radius 3 is 2.28 bits per heavy atom. The van der Waals surface area contributed by atoms with Crippen LogP contribution < -0.4 is 10.6 Å². The summed E-state index contributed by atoms with van der Waals surface area (Å²) in [5.74, 6) is 0.524. The first-order valence-electron chi connectivity index (χ1n) is 10.4. The molecule has 2 fully saturated rings. The van der Waals surface area contributed by atoms with Gasteiger partial charge in [-0.05, 0) is 57.8 Å². The maximum absolute atomic E-state index is 12.9. The van der Waals surface area contributed by atoms with Crippen LogP contribution in [-0.2, 0) is 9.84 Å². The molecule has 0 bridgehead atoms. The molecule has 156 valence electrons. The molecule has 2 N–H and O–H groups in total. The number of hydrogen-bond acceptors (Lipinski definition) is 7. The van der Waals surface area contributed by atoms with Gasteiger partial charge >= 0.3 is 0 Å². The van der Waals surface area contributed by atoms with Crippen LogP contribution in [0.4, 0.5) is 11.8 Å². The van der Waals surface area contributed by atoms with Gasteiger partial charge in [-0.2, -0.15) is 4.98 Å². The number of likely N-dealkylation sites (tertiary alicyclic amines) is 1. The van der Waals surface area contributed by atoms with Crippen LogP contribution in [0, 0.1) is 6.92 Å². The zero-order valence-electron chi connectivity index (χ0n) is 16.9. The molecule has 29 heavy (non-hydrogen) atoms. The molecule has 2 aromatic rings. The highest BCUT2D eigenvalue weighted by molar-refractivity contribution is 7.91. The van der Waals surface area contributed by atoms with Crippen molar-refractivity contribution in [2.75, 3.05) is 36.8 Å². The van der Waals surface area contributed by atoms with Crippen LogP contribution in [0.15, 0.2) is 40.3 Å². The highest BCUT2D eigenvalue weighted by atomic mass is 32.2. The average Bonchev–Trinajstić information content (AvgIpc) is 2.74. The molecule has 0 atom stereocenters. The van der Waals surface area contributed by atoms with Crippen molar-refractivity contribution in [2.24, 2.45) is 0 Å². The number of piperidine rings is 2. The second kappa shape index (κ2) is 8.28. The summed E-state index contributed by atoms with van der Waals surface area (Å²) in [6, 6.07) is 7.34. The Labute approximate surface area is 172 Å². The number of rotatable bonds is 4. The summed E-state index contributed by atoms with van der Waals surface area (Å²) in [6.07, 6.45) is 7.46. The monoisotopic (exact) mass is 415 g/mol. The quantitative estimate of drug-likeness (QED) is 0.820. The zero-order valence-corrected chi connectivity index (χ0v) is 17.7. The lowest BCUT2D eigenvalue weighted by atomic mass is 10.0. The Kier molecular flexibility index (Phi) is 5.74. The van der Waals surface area contributed by atoms with Gasteiger partial charge < -0.3 is 15.5 Å². The minimum Gasteiger partial charge on any atom is -0.382 e. The Hall–Kier alpha value is -2.19. The van der Waals surface area contributed by atoms with Gasteiger partial charge in [-0.1, -0.05) is 24.1 Å². The molecule has 8 heteroatoms. The molecule has 7 nitrogen and oxygen atoms in total. The van der Waals surface area contributed by atoms with Crippen molar-refractivity contribution < 1.29 is 8.42 Å². The first-order chi connectivity index (χ1) is 13.9. The van der Waals surface area contributed by atoms with Crippen LogP contribution in [0.2, 0.25) is 0 Å². The third-order valence-electron chi connectivity index (χ3n) is 6.05. The number of benzene rings is 1. The van der Waals surface area contributed by atoms with E-state index in [1.54, 1.807) is 24.3 Å². The Morgan fingerprint density at radius 1 is 1.00 bits per heavy atom. The molecule has 1 aromatic carbocycles. The number of nitrogens with zero attached hydrogens (tertiary/aromatic N) is 4. The van der Waals surface area contributed by atoms with Gasteiger partial charge in [-0.3, -0.25) is 0 Å². The largest absolute Gasteiger partial charge is 0.382 e. The fourth-order valence-electron chi connectivity index (χ4n) is 4.29. The SMILES string of the molecule is Cc1ccc(S(=O)(=O)c2cnc(N3CCC(N4CCCCC4)CC3)nc2N)cc1. The number of hydrogen-bond donors (Lipinski definition) is 1. The third kappa shape index (κ3) is 4.23. The molecule has 0 spiro atoms. The van der Waals surface area contributed by atoms with Crippen molar-refractivity contribution >= 4 is 21.6 Å². The molecular formula is C21H29N5O2S. The number of nitrogen functional groups attached to an aromatic ring is 1. The summed E-state index contributed by atoms with van der Waals surface area (Å²) < 4.78 is 25.8. The molecule has 0 saturated carbocycles. The van der Waals surface area contributed by atoms with Crippen LogP contribution in [0.1, 0.15) is 37.7 Å². The van der Waals surface area contributed by atoms with Crippen LogP contribution in [0.25, 0.3) is 0 Å². The first-order valence-corrected chi connectivity index (χ1v) is 11.9. The number of aromatic nitrogens is 2. The van der Waals surface area contributed by atoms with Crippen molar-refractivity contribution in [2.45, 2.75) is 54.9 Å². The van der Waals surface area contributed by atoms with Crippen LogP contribution in [0.3, 0.4) is 0 Å². The summed E-state index contributed by atoms with van der Waals surface area (Å²) in [7, 11) is -3.73. The molecule has 0 amide bonds. The van der Waals surface area contributed by atoms with E-state index in [-0.39, 0.29) is 15.6 Å². The van der Waals surface area contributed by atoms with E-state index in [1.807, 2.05) is 6.92 Å². The van der Waals surface area contributed by atoms with Gasteiger partial charge in [0.25, 0.3) is 0 Å². The molecule has 4 rings (SSSR count). The van der Waals surface area contributed by atoms with Gasteiger partial charge in [0.1, 0.15) is 10.7 Å². The molecule has 0 unspecified atom stereocenters. The molecule has 1 aromatic heterocycles. The number of aryl methyl sites for hydroxylation is 1. The lowest BCUT2D eigenvalue weighted by Crippen LogP contribution is -2.47. The van der Waals surface area contributed by atoms with Gasteiger partial charge in [0.05, 0.1) is 11.1 Å². The minimum atomic E-state index is -3.73. The second-order valence-corrected chi connectivity index (χ2v) is 9.97. The second-order valence-electron chi connectivity index (χ2n) is 8.05. The third-order valence-corrected chi connectivity index (χ3v) is 7.83. The van der Waals surface area contributed by atoms with E-state index in [1.165, 1.54) is 38.5 Å². The predicted molar refractivity (Wildman–Crippen MR) is 114 cm³/mol. The van der Waals surface area contributed by atoms with Gasteiger partial charge in [0.2, 0.25) is 15.8 Å². The van der Waals surface area contributed by atoms with Gasteiger partial charge in [0, 0.05) is 19.1 Å². The van der Waals surface area contributed by atoms with E-state index >= 15 is 0 Å². The van der Waals surface area contributed by atoms with E-state index in [0.29, 0.717) is 12.0 Å². The van der Waals surface area contributed by atoms with Crippen molar-refractivity contribution in [3.63, 3.8) is 0 Å². The van der Waals surface area contributed by atoms with E-state index in [4.69, 9.17) is 5.73 Å². The highest BCUT2D eigenvalue weighted by Gasteiger charge is 2.28. The number of nitrogens with two attached hydrogens (primary N) is 1. The number of anilines is 2. The minimum absolute atomic E-state index is 0.00808. The summed E-state index contributed by atoms with van der Waals surface area (Å²) in [6.45, 7) is 6.06. The highest BCUT2D eigenvalue weighted by Crippen LogP contribution is 2.27. The van der Waals surface area contributed by atoms with Crippen LogP contribution in [0.5, 0.6) is 0 Å². The lowest BCUT2D eigenvalue weighted by Gasteiger charge is -2.40. The molecular weight excluding hydrogens is 386 g/mol. The van der Waals surface area contributed by atoms with Crippen molar-refractivity contribution in [3.8, 4) is 0 Å². The average molecular weight is 416 g/mol. The molecule has 3 heterocycles. The van der Waals surface area contributed by atoms with E-state index in [0.717, 1.165) is 31.5 Å². The fraction of sp³-hybridized carbons (Fsp3) is 0.524. The molecule has 2 saturated heterocycles. The summed E-state index contributed by atoms with van der Waals surface area (Å²) in [5, 5.41) is 0. The Bertz CT molecular complexity index is 948. The number of sulfone groups is 1. The standard InChI is InChI=1S/C21H29N5O2S/c1-16-5-7-18(8-6-16)29(27,28)19-15-23-21(24-20(19)22)26-13-9-17(10-14-26)25-11-3-2-4-12-25/h5-8,15,17H,2-4,9-14H2,1H3,(H2,22,23,24). The van der Waals surface area contributed by atoms with Crippen LogP contribution in [-0.4, -0.2) is 55.5 Å². The summed E-state index contributed by atoms with van der Waals surface area (Å²) in [5.41, 5.74) is 7.06. The molecule has 2 aliphatic rings.